The predicted molar refractivity (Wildman–Crippen MR) is 64.9 cm³/mol. The zero-order valence-electron chi connectivity index (χ0n) is 10.2. The molecule has 0 atom stereocenters. The van der Waals surface area contributed by atoms with Crippen LogP contribution in [0.15, 0.2) is 11.6 Å². The molecule has 1 fully saturated rings. The van der Waals surface area contributed by atoms with E-state index in [1.54, 1.807) is 0 Å². The summed E-state index contributed by atoms with van der Waals surface area (Å²) in [7, 11) is 0. The van der Waals surface area contributed by atoms with Gasteiger partial charge >= 0.3 is 0 Å². The number of hydrogen-bond acceptors (Lipinski definition) is 1. The number of carbonyl (C=O) groups excluding carboxylic acids is 1. The Hall–Kier alpha value is -0.590. The van der Waals surface area contributed by atoms with Gasteiger partial charge in [-0.3, -0.25) is 4.79 Å². The van der Waals surface area contributed by atoms with Gasteiger partial charge in [0.05, 0.1) is 0 Å². The molecule has 0 amide bonds. The first-order chi connectivity index (χ1) is 7.27. The van der Waals surface area contributed by atoms with Crippen LogP contribution in [-0.4, -0.2) is 5.78 Å². The molecule has 0 aromatic carbocycles. The average molecular weight is 208 g/mol. The van der Waals surface area contributed by atoms with Crippen LogP contribution in [0.5, 0.6) is 0 Å². The molecule has 1 aliphatic rings. The Kier molecular flexibility index (Phi) is 5.67. The fraction of sp³-hybridized carbons (Fsp3) is 0.786. The Morgan fingerprint density at radius 1 is 1.07 bits per heavy atom. The van der Waals surface area contributed by atoms with Gasteiger partial charge in [0.1, 0.15) is 0 Å². The van der Waals surface area contributed by atoms with E-state index in [4.69, 9.17) is 0 Å². The van der Waals surface area contributed by atoms with E-state index in [0.717, 1.165) is 25.7 Å². The summed E-state index contributed by atoms with van der Waals surface area (Å²) in [6.45, 7) is 4.27. The van der Waals surface area contributed by atoms with E-state index in [2.05, 4.69) is 13.8 Å². The van der Waals surface area contributed by atoms with Crippen LogP contribution in [-0.2, 0) is 4.79 Å². The van der Waals surface area contributed by atoms with E-state index >= 15 is 0 Å². The van der Waals surface area contributed by atoms with Crippen molar-refractivity contribution in [3.05, 3.63) is 11.6 Å². The summed E-state index contributed by atoms with van der Waals surface area (Å²) in [5.74, 6) is 0.733. The van der Waals surface area contributed by atoms with Crippen LogP contribution in [0.2, 0.25) is 0 Å². The van der Waals surface area contributed by atoms with Gasteiger partial charge in [-0.2, -0.15) is 0 Å². The third kappa shape index (κ3) is 4.19. The first-order valence-corrected chi connectivity index (χ1v) is 6.51. The molecule has 0 N–H and O–H groups in total. The lowest BCUT2D eigenvalue weighted by Crippen LogP contribution is -2.11. The number of carbonyl (C=O) groups is 1. The van der Waals surface area contributed by atoms with Gasteiger partial charge in [0.25, 0.3) is 0 Å². The fourth-order valence-corrected chi connectivity index (χ4v) is 2.34. The van der Waals surface area contributed by atoms with Gasteiger partial charge in [-0.1, -0.05) is 45.1 Å². The van der Waals surface area contributed by atoms with Gasteiger partial charge in [-0.05, 0) is 31.8 Å². The van der Waals surface area contributed by atoms with E-state index in [0.29, 0.717) is 11.7 Å². The monoisotopic (exact) mass is 208 g/mol. The van der Waals surface area contributed by atoms with E-state index in [1.165, 1.54) is 31.3 Å². The van der Waals surface area contributed by atoms with Crippen molar-refractivity contribution in [2.45, 2.75) is 65.2 Å². The van der Waals surface area contributed by atoms with Crippen LogP contribution in [0.1, 0.15) is 65.2 Å². The van der Waals surface area contributed by atoms with Crippen LogP contribution in [0.25, 0.3) is 0 Å². The van der Waals surface area contributed by atoms with Crippen LogP contribution >= 0.6 is 0 Å². The Labute approximate surface area is 93.9 Å². The number of allylic oxidation sites excluding steroid dienone is 2. The normalized spacial score (nSPS) is 18.3. The summed E-state index contributed by atoms with van der Waals surface area (Å²) >= 11 is 0. The minimum absolute atomic E-state index is 0.334. The molecular weight excluding hydrogens is 184 g/mol. The maximum Gasteiger partial charge on any atom is 0.158 e. The zero-order chi connectivity index (χ0) is 11.1. The van der Waals surface area contributed by atoms with Gasteiger partial charge in [-0.15, -0.1) is 0 Å². The van der Waals surface area contributed by atoms with Crippen molar-refractivity contribution in [3.8, 4) is 0 Å². The molecule has 1 rings (SSSR count). The van der Waals surface area contributed by atoms with Gasteiger partial charge in [0.15, 0.2) is 5.78 Å². The third-order valence-electron chi connectivity index (χ3n) is 3.51. The number of ketones is 1. The Bertz CT molecular complexity index is 213. The predicted octanol–water partition coefficient (Wildman–Crippen LogP) is 4.27. The van der Waals surface area contributed by atoms with E-state index < -0.39 is 0 Å². The molecule has 0 heterocycles. The Morgan fingerprint density at radius 3 is 2.07 bits per heavy atom. The lowest BCUT2D eigenvalue weighted by atomic mass is 9.93. The van der Waals surface area contributed by atoms with Gasteiger partial charge in [-0.25, -0.2) is 0 Å². The molecule has 0 aliphatic heterocycles. The summed E-state index contributed by atoms with van der Waals surface area (Å²) in [6.07, 6.45) is 11.4. The van der Waals surface area contributed by atoms with Gasteiger partial charge in [0, 0.05) is 5.92 Å². The van der Waals surface area contributed by atoms with Crippen LogP contribution in [0.3, 0.4) is 0 Å². The van der Waals surface area contributed by atoms with Crippen molar-refractivity contribution in [2.24, 2.45) is 5.92 Å². The van der Waals surface area contributed by atoms with Crippen molar-refractivity contribution in [1.82, 2.24) is 0 Å². The Balaban J connectivity index is 2.54. The van der Waals surface area contributed by atoms with Crippen molar-refractivity contribution < 1.29 is 4.79 Å². The number of rotatable bonds is 4. The van der Waals surface area contributed by atoms with Crippen LogP contribution in [0, 0.1) is 5.92 Å². The van der Waals surface area contributed by atoms with E-state index in [-0.39, 0.29) is 0 Å². The molecule has 0 unspecified atom stereocenters. The topological polar surface area (TPSA) is 17.1 Å². The van der Waals surface area contributed by atoms with Crippen molar-refractivity contribution >= 4 is 5.78 Å². The van der Waals surface area contributed by atoms with Crippen molar-refractivity contribution in [2.75, 3.05) is 0 Å². The molecule has 0 radical (unpaired) electrons. The lowest BCUT2D eigenvalue weighted by molar-refractivity contribution is -0.118. The van der Waals surface area contributed by atoms with E-state index in [9.17, 15) is 4.79 Å². The highest BCUT2D eigenvalue weighted by molar-refractivity contribution is 5.92. The first kappa shape index (κ1) is 12.5. The molecule has 0 aromatic heterocycles. The minimum Gasteiger partial charge on any atom is -0.295 e. The third-order valence-corrected chi connectivity index (χ3v) is 3.51. The van der Waals surface area contributed by atoms with Gasteiger partial charge < -0.3 is 0 Å². The first-order valence-electron chi connectivity index (χ1n) is 6.51. The average Bonchev–Trinajstić information content (AvgIpc) is 2.54. The summed E-state index contributed by atoms with van der Waals surface area (Å²) in [5.41, 5.74) is 1.31. The van der Waals surface area contributed by atoms with E-state index in [1.807, 2.05) is 6.08 Å². The summed E-state index contributed by atoms with van der Waals surface area (Å²) in [4.78, 5) is 12.0. The molecule has 0 bridgehead atoms. The molecule has 1 nitrogen and oxygen atoms in total. The lowest BCUT2D eigenvalue weighted by Gasteiger charge is -2.10. The molecule has 15 heavy (non-hydrogen) atoms. The Morgan fingerprint density at radius 2 is 1.60 bits per heavy atom. The molecule has 0 spiro atoms. The highest BCUT2D eigenvalue weighted by Crippen LogP contribution is 2.24. The molecule has 0 saturated heterocycles. The van der Waals surface area contributed by atoms with Crippen LogP contribution in [0.4, 0.5) is 0 Å². The smallest absolute Gasteiger partial charge is 0.158 e. The fourth-order valence-electron chi connectivity index (χ4n) is 2.34. The molecule has 86 valence electrons. The zero-order valence-corrected chi connectivity index (χ0v) is 10.2. The summed E-state index contributed by atoms with van der Waals surface area (Å²) < 4.78 is 0. The molecule has 0 aromatic rings. The second-order valence-corrected chi connectivity index (χ2v) is 4.60. The second-order valence-electron chi connectivity index (χ2n) is 4.60. The number of hydrogen-bond donors (Lipinski definition) is 0. The molecule has 1 heteroatoms. The highest BCUT2D eigenvalue weighted by Gasteiger charge is 2.18. The maximum absolute atomic E-state index is 12.0. The molecule has 1 saturated carbocycles. The highest BCUT2D eigenvalue weighted by atomic mass is 16.1. The minimum atomic E-state index is 0.334. The summed E-state index contributed by atoms with van der Waals surface area (Å²) in [6, 6.07) is 0. The van der Waals surface area contributed by atoms with Gasteiger partial charge in [0.2, 0.25) is 0 Å². The van der Waals surface area contributed by atoms with Crippen molar-refractivity contribution in [1.29, 1.82) is 0 Å². The maximum atomic E-state index is 12.0. The van der Waals surface area contributed by atoms with Crippen LogP contribution < -0.4 is 0 Å². The standard InChI is InChI=1S/C14H24O/c1-3-12(4-2)11-14(15)13-9-7-5-6-8-10-13/h11,13H,3-10H2,1-2H3. The van der Waals surface area contributed by atoms with Crippen molar-refractivity contribution in [3.63, 3.8) is 0 Å². The summed E-state index contributed by atoms with van der Waals surface area (Å²) in [5, 5.41) is 0. The molecule has 1 aliphatic carbocycles. The SMILES string of the molecule is CCC(=CC(=O)C1CCCCCC1)CC. The largest absolute Gasteiger partial charge is 0.295 e. The molecular formula is C14H24O. The quantitative estimate of drug-likeness (QED) is 0.498. The second kappa shape index (κ2) is 6.81.